The number of aryl methyl sites for hydroxylation is 1. The standard InChI is InChI=1S/C20H28N4S/c1-3-21-19(22-13-10-18-14-25-16(2)24-18)23-15-20(11-7-12-20)17-8-5-4-6-9-17/h4-6,8-9,14H,3,7,10-13,15H2,1-2H3,(H2,21,22,23). The summed E-state index contributed by atoms with van der Waals surface area (Å²) in [5.74, 6) is 0.914. The summed E-state index contributed by atoms with van der Waals surface area (Å²) < 4.78 is 0. The van der Waals surface area contributed by atoms with Crippen molar-refractivity contribution in [3.05, 3.63) is 52.0 Å². The van der Waals surface area contributed by atoms with Gasteiger partial charge in [0.05, 0.1) is 17.2 Å². The summed E-state index contributed by atoms with van der Waals surface area (Å²) in [7, 11) is 0. The number of rotatable bonds is 7. The predicted octanol–water partition coefficient (Wildman–Crippen LogP) is 3.67. The van der Waals surface area contributed by atoms with Gasteiger partial charge in [-0.05, 0) is 32.3 Å². The molecule has 2 aromatic rings. The van der Waals surface area contributed by atoms with E-state index in [0.717, 1.165) is 42.7 Å². The van der Waals surface area contributed by atoms with Crippen LogP contribution in [0.2, 0.25) is 0 Å². The van der Waals surface area contributed by atoms with Crippen LogP contribution >= 0.6 is 11.3 Å². The lowest BCUT2D eigenvalue weighted by Gasteiger charge is -2.41. The van der Waals surface area contributed by atoms with Gasteiger partial charge in [-0.15, -0.1) is 11.3 Å². The Balaban J connectivity index is 1.59. The first-order chi connectivity index (χ1) is 12.2. The average Bonchev–Trinajstić information content (AvgIpc) is 3.00. The van der Waals surface area contributed by atoms with Crippen molar-refractivity contribution >= 4 is 17.3 Å². The first kappa shape index (κ1) is 17.9. The predicted molar refractivity (Wildman–Crippen MR) is 107 cm³/mol. The van der Waals surface area contributed by atoms with Gasteiger partial charge in [0, 0.05) is 30.3 Å². The molecule has 1 aliphatic carbocycles. The molecule has 0 saturated heterocycles. The van der Waals surface area contributed by atoms with Gasteiger partial charge in [-0.25, -0.2) is 4.98 Å². The summed E-state index contributed by atoms with van der Waals surface area (Å²) in [6.45, 7) is 6.74. The minimum absolute atomic E-state index is 0.232. The van der Waals surface area contributed by atoms with E-state index in [0.29, 0.717) is 0 Å². The van der Waals surface area contributed by atoms with Crippen molar-refractivity contribution in [1.29, 1.82) is 0 Å². The molecule has 4 nitrogen and oxygen atoms in total. The molecule has 1 saturated carbocycles. The van der Waals surface area contributed by atoms with Crippen LogP contribution < -0.4 is 10.6 Å². The molecule has 3 rings (SSSR count). The molecule has 1 fully saturated rings. The van der Waals surface area contributed by atoms with E-state index < -0.39 is 0 Å². The molecule has 1 heterocycles. The Labute approximate surface area is 154 Å². The zero-order valence-corrected chi connectivity index (χ0v) is 16.0. The van der Waals surface area contributed by atoms with Crippen molar-refractivity contribution in [3.8, 4) is 0 Å². The Bertz CT molecular complexity index is 689. The smallest absolute Gasteiger partial charge is 0.191 e. The fourth-order valence-electron chi connectivity index (χ4n) is 3.34. The molecule has 0 aliphatic heterocycles. The second kappa shape index (κ2) is 8.48. The molecule has 1 aromatic carbocycles. The number of aliphatic imine (C=N–C) groups is 1. The molecule has 0 atom stereocenters. The van der Waals surface area contributed by atoms with Crippen LogP contribution in [-0.2, 0) is 11.8 Å². The average molecular weight is 357 g/mol. The highest BCUT2D eigenvalue weighted by molar-refractivity contribution is 7.09. The Morgan fingerprint density at radius 1 is 1.24 bits per heavy atom. The molecule has 5 heteroatoms. The SMILES string of the molecule is CCNC(=NCC1(c2ccccc2)CCC1)NCCc1csc(C)n1. The molecule has 0 bridgehead atoms. The van der Waals surface area contributed by atoms with Crippen LogP contribution in [0.25, 0.3) is 0 Å². The molecule has 1 aromatic heterocycles. The second-order valence-electron chi connectivity index (χ2n) is 6.73. The third-order valence-corrected chi connectivity index (χ3v) is 5.74. The number of benzene rings is 1. The molecule has 0 unspecified atom stereocenters. The highest BCUT2D eigenvalue weighted by Crippen LogP contribution is 2.43. The number of aromatic nitrogens is 1. The van der Waals surface area contributed by atoms with Crippen LogP contribution in [0.1, 0.15) is 42.5 Å². The normalized spacial score (nSPS) is 16.3. The van der Waals surface area contributed by atoms with E-state index in [1.165, 1.54) is 24.8 Å². The summed E-state index contributed by atoms with van der Waals surface area (Å²) in [5, 5.41) is 10.1. The van der Waals surface area contributed by atoms with Crippen molar-refractivity contribution < 1.29 is 0 Å². The van der Waals surface area contributed by atoms with Gasteiger partial charge in [0.15, 0.2) is 5.96 Å². The molecular weight excluding hydrogens is 328 g/mol. The topological polar surface area (TPSA) is 49.3 Å². The third-order valence-electron chi connectivity index (χ3n) is 4.92. The van der Waals surface area contributed by atoms with Crippen LogP contribution in [0, 0.1) is 6.92 Å². The molecular formula is C20H28N4S. The maximum absolute atomic E-state index is 4.90. The Morgan fingerprint density at radius 3 is 2.64 bits per heavy atom. The fourth-order valence-corrected chi connectivity index (χ4v) is 3.98. The first-order valence-electron chi connectivity index (χ1n) is 9.20. The minimum Gasteiger partial charge on any atom is -0.357 e. The quantitative estimate of drug-likeness (QED) is 0.588. The van der Waals surface area contributed by atoms with Crippen molar-refractivity contribution in [2.75, 3.05) is 19.6 Å². The van der Waals surface area contributed by atoms with Crippen LogP contribution in [0.3, 0.4) is 0 Å². The number of nitrogens with one attached hydrogen (secondary N) is 2. The summed E-state index contributed by atoms with van der Waals surface area (Å²) in [6, 6.07) is 10.9. The van der Waals surface area contributed by atoms with Crippen LogP contribution in [0.5, 0.6) is 0 Å². The third kappa shape index (κ3) is 4.60. The number of hydrogen-bond donors (Lipinski definition) is 2. The molecule has 25 heavy (non-hydrogen) atoms. The van der Waals surface area contributed by atoms with Crippen LogP contribution in [0.15, 0.2) is 40.7 Å². The lowest BCUT2D eigenvalue weighted by Crippen LogP contribution is -2.42. The summed E-state index contributed by atoms with van der Waals surface area (Å²) in [4.78, 5) is 9.42. The molecule has 2 N–H and O–H groups in total. The Kier molecular flexibility index (Phi) is 6.08. The molecule has 0 spiro atoms. The highest BCUT2D eigenvalue weighted by Gasteiger charge is 2.38. The van der Waals surface area contributed by atoms with E-state index in [-0.39, 0.29) is 5.41 Å². The largest absolute Gasteiger partial charge is 0.357 e. The van der Waals surface area contributed by atoms with E-state index in [1.807, 2.05) is 0 Å². The van der Waals surface area contributed by atoms with Gasteiger partial charge in [-0.1, -0.05) is 36.8 Å². The van der Waals surface area contributed by atoms with E-state index in [2.05, 4.69) is 65.2 Å². The number of hydrogen-bond acceptors (Lipinski definition) is 3. The van der Waals surface area contributed by atoms with Gasteiger partial charge in [-0.2, -0.15) is 0 Å². The zero-order chi connectivity index (χ0) is 17.5. The zero-order valence-electron chi connectivity index (χ0n) is 15.2. The Hall–Kier alpha value is -1.88. The summed E-state index contributed by atoms with van der Waals surface area (Å²) >= 11 is 1.71. The van der Waals surface area contributed by atoms with E-state index in [4.69, 9.17) is 4.99 Å². The maximum atomic E-state index is 4.90. The molecule has 0 radical (unpaired) electrons. The van der Waals surface area contributed by atoms with Crippen molar-refractivity contribution in [2.24, 2.45) is 4.99 Å². The number of thiazole rings is 1. The Morgan fingerprint density at radius 2 is 2.04 bits per heavy atom. The summed E-state index contributed by atoms with van der Waals surface area (Å²) in [5.41, 5.74) is 2.82. The summed E-state index contributed by atoms with van der Waals surface area (Å²) in [6.07, 6.45) is 4.70. The minimum atomic E-state index is 0.232. The molecule has 134 valence electrons. The maximum Gasteiger partial charge on any atom is 0.191 e. The molecule has 1 aliphatic rings. The second-order valence-corrected chi connectivity index (χ2v) is 7.79. The lowest BCUT2D eigenvalue weighted by molar-refractivity contribution is 0.253. The first-order valence-corrected chi connectivity index (χ1v) is 10.1. The van der Waals surface area contributed by atoms with Crippen molar-refractivity contribution in [3.63, 3.8) is 0 Å². The van der Waals surface area contributed by atoms with Gasteiger partial charge < -0.3 is 10.6 Å². The van der Waals surface area contributed by atoms with Crippen molar-refractivity contribution in [1.82, 2.24) is 15.6 Å². The monoisotopic (exact) mass is 356 g/mol. The highest BCUT2D eigenvalue weighted by atomic mass is 32.1. The van der Waals surface area contributed by atoms with E-state index in [9.17, 15) is 0 Å². The van der Waals surface area contributed by atoms with Gasteiger partial charge in [0.1, 0.15) is 0 Å². The van der Waals surface area contributed by atoms with Gasteiger partial charge in [0.25, 0.3) is 0 Å². The van der Waals surface area contributed by atoms with Gasteiger partial charge in [-0.3, -0.25) is 4.99 Å². The lowest BCUT2D eigenvalue weighted by atomic mass is 9.64. The van der Waals surface area contributed by atoms with E-state index in [1.54, 1.807) is 11.3 Å². The van der Waals surface area contributed by atoms with Crippen molar-refractivity contribution in [2.45, 2.75) is 44.9 Å². The van der Waals surface area contributed by atoms with Gasteiger partial charge in [0.2, 0.25) is 0 Å². The van der Waals surface area contributed by atoms with Gasteiger partial charge >= 0.3 is 0 Å². The number of guanidine groups is 1. The van der Waals surface area contributed by atoms with Crippen LogP contribution in [0.4, 0.5) is 0 Å². The molecule has 0 amide bonds. The number of nitrogens with zero attached hydrogens (tertiary/aromatic N) is 2. The van der Waals surface area contributed by atoms with E-state index >= 15 is 0 Å². The van der Waals surface area contributed by atoms with Crippen LogP contribution in [-0.4, -0.2) is 30.6 Å². The fraction of sp³-hybridized carbons (Fsp3) is 0.500.